The van der Waals surface area contributed by atoms with E-state index in [9.17, 15) is 0 Å². The van der Waals surface area contributed by atoms with Gasteiger partial charge in [0.05, 0.1) is 0 Å². The van der Waals surface area contributed by atoms with Gasteiger partial charge in [0.25, 0.3) is 0 Å². The Morgan fingerprint density at radius 2 is 1.38 bits per heavy atom. The fourth-order valence-corrected chi connectivity index (χ4v) is 3.14. The third-order valence-electron chi connectivity index (χ3n) is 4.49. The minimum Gasteiger partial charge on any atom is -0.457 e. The number of rotatable bonds is 4. The predicted octanol–water partition coefficient (Wildman–Crippen LogP) is 4.84. The van der Waals surface area contributed by atoms with Crippen molar-refractivity contribution in [2.75, 3.05) is 0 Å². The van der Waals surface area contributed by atoms with E-state index in [2.05, 4.69) is 83.2 Å². The second-order valence-electron chi connectivity index (χ2n) is 6.54. The molecule has 0 bridgehead atoms. The summed E-state index contributed by atoms with van der Waals surface area (Å²) in [4.78, 5) is 0. The van der Waals surface area contributed by atoms with Crippen LogP contribution < -0.4 is 10.2 Å². The van der Waals surface area contributed by atoms with Gasteiger partial charge in [-0.25, -0.2) is 0 Å². The average Bonchev–Trinajstić information content (AvgIpc) is 2.57. The Hall–Kier alpha value is -2.48. The van der Waals surface area contributed by atoms with Gasteiger partial charge in [0.2, 0.25) is 0 Å². The summed E-state index contributed by atoms with van der Waals surface area (Å²) in [5.41, 5.74) is 6.14. The van der Waals surface area contributed by atoms with Crippen molar-refractivity contribution in [1.29, 1.82) is 0 Å². The zero-order valence-corrected chi connectivity index (χ0v) is 14.8. The number of aryl methyl sites for hydroxylation is 1. The Balaban J connectivity index is 2.04. The van der Waals surface area contributed by atoms with Crippen LogP contribution in [-0.4, -0.2) is 7.85 Å². The maximum atomic E-state index is 6.34. The predicted molar refractivity (Wildman–Crippen MR) is 105 cm³/mol. The van der Waals surface area contributed by atoms with Crippen molar-refractivity contribution < 1.29 is 4.74 Å². The van der Waals surface area contributed by atoms with Crippen LogP contribution in [0.3, 0.4) is 0 Å². The molecule has 3 rings (SSSR count). The van der Waals surface area contributed by atoms with Gasteiger partial charge in [-0.05, 0) is 47.1 Å². The van der Waals surface area contributed by atoms with E-state index in [1.54, 1.807) is 0 Å². The molecular weight excluding hydrogens is 291 g/mol. The summed E-state index contributed by atoms with van der Waals surface area (Å²) in [5.74, 6) is 2.32. The topological polar surface area (TPSA) is 9.23 Å². The molecule has 0 heterocycles. The maximum absolute atomic E-state index is 6.34. The first kappa shape index (κ1) is 16.4. The largest absolute Gasteiger partial charge is 0.457 e. The Morgan fingerprint density at radius 3 is 2.08 bits per heavy atom. The van der Waals surface area contributed by atoms with E-state index in [0.29, 0.717) is 5.92 Å². The van der Waals surface area contributed by atoms with E-state index in [1.807, 2.05) is 12.1 Å². The Kier molecular flexibility index (Phi) is 4.75. The van der Waals surface area contributed by atoms with Gasteiger partial charge in [-0.3, -0.25) is 0 Å². The summed E-state index contributed by atoms with van der Waals surface area (Å²) in [6.45, 7) is 6.57. The molecule has 0 radical (unpaired) electrons. The Labute approximate surface area is 145 Å². The first-order valence-electron chi connectivity index (χ1n) is 8.50. The summed E-state index contributed by atoms with van der Waals surface area (Å²) in [6.07, 6.45) is 0. The van der Waals surface area contributed by atoms with Crippen molar-refractivity contribution in [3.63, 3.8) is 0 Å². The lowest BCUT2D eigenvalue weighted by Crippen LogP contribution is -2.14. The molecule has 0 fully saturated rings. The number of hydrogen-bond donors (Lipinski definition) is 0. The standard InChI is InChI=1S/C22H23BO/c1-15(2)17-12-8-14-21(22(17)23)24-20-13-7-6-11-19(20)18-10-5-4-9-16(18)3/h4-15H,23H2,1-3H3. The minimum atomic E-state index is 0.486. The monoisotopic (exact) mass is 314 g/mol. The van der Waals surface area contributed by atoms with Gasteiger partial charge >= 0.3 is 0 Å². The highest BCUT2D eigenvalue weighted by Gasteiger charge is 2.12. The second-order valence-corrected chi connectivity index (χ2v) is 6.54. The van der Waals surface area contributed by atoms with Gasteiger partial charge in [-0.2, -0.15) is 0 Å². The fourth-order valence-electron chi connectivity index (χ4n) is 3.14. The minimum absolute atomic E-state index is 0.486. The Morgan fingerprint density at radius 1 is 0.750 bits per heavy atom. The highest BCUT2D eigenvalue weighted by atomic mass is 16.5. The first-order chi connectivity index (χ1) is 11.6. The van der Waals surface area contributed by atoms with Gasteiger partial charge in [0.1, 0.15) is 19.3 Å². The van der Waals surface area contributed by atoms with E-state index >= 15 is 0 Å². The molecule has 24 heavy (non-hydrogen) atoms. The van der Waals surface area contributed by atoms with Crippen molar-refractivity contribution in [3.05, 3.63) is 77.9 Å². The van der Waals surface area contributed by atoms with Crippen LogP contribution in [0, 0.1) is 6.92 Å². The second kappa shape index (κ2) is 6.96. The highest BCUT2D eigenvalue weighted by Crippen LogP contribution is 2.34. The van der Waals surface area contributed by atoms with Crippen LogP contribution in [-0.2, 0) is 0 Å². The summed E-state index contributed by atoms with van der Waals surface area (Å²) >= 11 is 0. The number of ether oxygens (including phenoxy) is 1. The van der Waals surface area contributed by atoms with Gasteiger partial charge in [-0.1, -0.05) is 68.4 Å². The Bertz CT molecular complexity index is 852. The number of hydrogen-bond acceptors (Lipinski definition) is 1. The number of para-hydroxylation sites is 1. The van der Waals surface area contributed by atoms with Gasteiger partial charge in [-0.15, -0.1) is 0 Å². The van der Waals surface area contributed by atoms with E-state index < -0.39 is 0 Å². The van der Waals surface area contributed by atoms with Crippen LogP contribution in [0.1, 0.15) is 30.9 Å². The van der Waals surface area contributed by atoms with Crippen molar-refractivity contribution in [2.24, 2.45) is 0 Å². The lowest BCUT2D eigenvalue weighted by molar-refractivity contribution is 0.487. The SMILES string of the molecule is Bc1c(Oc2ccccc2-c2ccccc2C)cccc1C(C)C. The molecule has 0 aliphatic rings. The van der Waals surface area contributed by atoms with Crippen LogP contribution in [0.25, 0.3) is 11.1 Å². The van der Waals surface area contributed by atoms with Gasteiger partial charge in [0.15, 0.2) is 0 Å². The molecule has 2 heteroatoms. The molecule has 0 saturated carbocycles. The third-order valence-corrected chi connectivity index (χ3v) is 4.49. The molecule has 120 valence electrons. The summed E-state index contributed by atoms with van der Waals surface area (Å²) < 4.78 is 6.34. The lowest BCUT2D eigenvalue weighted by atomic mass is 9.84. The van der Waals surface area contributed by atoms with Crippen molar-refractivity contribution in [3.8, 4) is 22.6 Å². The van der Waals surface area contributed by atoms with Crippen LogP contribution in [0.2, 0.25) is 0 Å². The van der Waals surface area contributed by atoms with Crippen LogP contribution in [0.5, 0.6) is 11.5 Å². The van der Waals surface area contributed by atoms with Crippen LogP contribution in [0.15, 0.2) is 66.7 Å². The van der Waals surface area contributed by atoms with E-state index in [1.165, 1.54) is 22.2 Å². The zero-order valence-electron chi connectivity index (χ0n) is 14.8. The van der Waals surface area contributed by atoms with Gasteiger partial charge in [0, 0.05) is 5.56 Å². The molecule has 3 aromatic rings. The third kappa shape index (κ3) is 3.23. The van der Waals surface area contributed by atoms with Crippen molar-refractivity contribution in [2.45, 2.75) is 26.7 Å². The molecule has 3 aromatic carbocycles. The molecule has 0 N–H and O–H groups in total. The zero-order chi connectivity index (χ0) is 17.1. The smallest absolute Gasteiger partial charge is 0.144 e. The molecule has 0 spiro atoms. The molecule has 0 aromatic heterocycles. The molecule has 0 unspecified atom stereocenters. The molecule has 0 saturated heterocycles. The van der Waals surface area contributed by atoms with Crippen molar-refractivity contribution in [1.82, 2.24) is 0 Å². The van der Waals surface area contributed by atoms with Crippen LogP contribution in [0.4, 0.5) is 0 Å². The summed E-state index contributed by atoms with van der Waals surface area (Å²) in [6, 6.07) is 23.0. The lowest BCUT2D eigenvalue weighted by Gasteiger charge is -2.17. The first-order valence-corrected chi connectivity index (χ1v) is 8.50. The molecule has 0 amide bonds. The molecule has 0 atom stereocenters. The average molecular weight is 314 g/mol. The van der Waals surface area contributed by atoms with E-state index in [0.717, 1.165) is 17.1 Å². The summed E-state index contributed by atoms with van der Waals surface area (Å²) in [7, 11) is 2.14. The number of benzene rings is 3. The molecule has 0 aliphatic carbocycles. The van der Waals surface area contributed by atoms with Crippen molar-refractivity contribution >= 4 is 13.3 Å². The molecule has 0 aliphatic heterocycles. The fraction of sp³-hybridized carbons (Fsp3) is 0.182. The van der Waals surface area contributed by atoms with E-state index in [-0.39, 0.29) is 0 Å². The van der Waals surface area contributed by atoms with E-state index in [4.69, 9.17) is 4.74 Å². The summed E-state index contributed by atoms with van der Waals surface area (Å²) in [5, 5.41) is 0. The maximum Gasteiger partial charge on any atom is 0.144 e. The van der Waals surface area contributed by atoms with Gasteiger partial charge < -0.3 is 4.74 Å². The normalized spacial score (nSPS) is 10.8. The van der Waals surface area contributed by atoms with Crippen LogP contribution >= 0.6 is 0 Å². The quantitative estimate of drug-likeness (QED) is 0.626. The molecular formula is C22H23BO. The molecule has 1 nitrogen and oxygen atoms in total. The highest BCUT2D eigenvalue weighted by molar-refractivity contribution is 6.35.